The maximum Gasteiger partial charge on any atom is 0.164 e. The van der Waals surface area contributed by atoms with E-state index in [1.807, 2.05) is 60.7 Å². The van der Waals surface area contributed by atoms with Crippen LogP contribution in [-0.2, 0) is 0 Å². The van der Waals surface area contributed by atoms with E-state index in [1.165, 1.54) is 54.2 Å². The molecule has 1 heterocycles. The Kier molecular flexibility index (Phi) is 8.15. The minimum Gasteiger partial charge on any atom is -0.208 e. The van der Waals surface area contributed by atoms with Gasteiger partial charge in [0.2, 0.25) is 0 Å². The Labute approximate surface area is 336 Å². The molecule has 0 unspecified atom stereocenters. The molecular weight excluding hydrogens is 703 g/mol. The second-order valence-corrected chi connectivity index (χ2v) is 14.8. The van der Waals surface area contributed by atoms with Gasteiger partial charge in [0.1, 0.15) is 0 Å². The van der Waals surface area contributed by atoms with Crippen LogP contribution in [0.4, 0.5) is 0 Å². The highest BCUT2D eigenvalue weighted by molar-refractivity contribution is 6.16. The first kappa shape index (κ1) is 33.6. The summed E-state index contributed by atoms with van der Waals surface area (Å²) in [4.78, 5) is 15.1. The van der Waals surface area contributed by atoms with Crippen LogP contribution in [0.25, 0.3) is 111 Å². The third-order valence-electron chi connectivity index (χ3n) is 11.2. The fraction of sp³-hybridized carbons (Fsp3) is 0. The van der Waals surface area contributed by atoms with Gasteiger partial charge in [0, 0.05) is 16.7 Å². The van der Waals surface area contributed by atoms with E-state index < -0.39 is 0 Å². The van der Waals surface area contributed by atoms with Crippen molar-refractivity contribution < 1.29 is 0 Å². The lowest BCUT2D eigenvalue weighted by Crippen LogP contribution is -2.00. The lowest BCUT2D eigenvalue weighted by molar-refractivity contribution is 1.07. The van der Waals surface area contributed by atoms with Gasteiger partial charge < -0.3 is 0 Å². The van der Waals surface area contributed by atoms with Gasteiger partial charge in [-0.1, -0.05) is 176 Å². The van der Waals surface area contributed by atoms with Crippen molar-refractivity contribution in [2.24, 2.45) is 0 Å². The summed E-state index contributed by atoms with van der Waals surface area (Å²) in [7, 11) is 0. The van der Waals surface area contributed by atoms with Crippen molar-refractivity contribution in [3.63, 3.8) is 0 Å². The molecule has 270 valence electrons. The number of hydrogen-bond acceptors (Lipinski definition) is 3. The normalized spacial score (nSPS) is 11.4. The summed E-state index contributed by atoms with van der Waals surface area (Å²) in [5, 5.41) is 9.92. The lowest BCUT2D eigenvalue weighted by Gasteiger charge is -2.17. The Morgan fingerprint density at radius 2 is 0.552 bits per heavy atom. The van der Waals surface area contributed by atoms with Crippen molar-refractivity contribution in [3.8, 4) is 67.5 Å². The van der Waals surface area contributed by atoms with E-state index >= 15 is 0 Å². The van der Waals surface area contributed by atoms with E-state index in [0.717, 1.165) is 38.9 Å². The predicted octanol–water partition coefficient (Wildman–Crippen LogP) is 14.5. The lowest BCUT2D eigenvalue weighted by atomic mass is 9.87. The predicted molar refractivity (Wildman–Crippen MR) is 242 cm³/mol. The molecule has 1 aromatic heterocycles. The van der Waals surface area contributed by atoms with Crippen molar-refractivity contribution in [3.05, 3.63) is 212 Å². The third kappa shape index (κ3) is 5.98. The summed E-state index contributed by atoms with van der Waals surface area (Å²) < 4.78 is 0. The first-order chi connectivity index (χ1) is 28.7. The van der Waals surface area contributed by atoms with Crippen LogP contribution in [0.5, 0.6) is 0 Å². The summed E-state index contributed by atoms with van der Waals surface area (Å²) in [6.45, 7) is 0. The largest absolute Gasteiger partial charge is 0.208 e. The molecule has 0 radical (unpaired) electrons. The maximum absolute atomic E-state index is 5.07. The van der Waals surface area contributed by atoms with Crippen LogP contribution in [0.15, 0.2) is 212 Å². The van der Waals surface area contributed by atoms with Gasteiger partial charge in [-0.15, -0.1) is 0 Å². The van der Waals surface area contributed by atoms with E-state index in [4.69, 9.17) is 15.0 Å². The minimum absolute atomic E-state index is 0.631. The Balaban J connectivity index is 1.15. The van der Waals surface area contributed by atoms with Crippen molar-refractivity contribution in [1.82, 2.24) is 15.0 Å². The first-order valence-electron chi connectivity index (χ1n) is 19.7. The molecule has 11 aromatic rings. The fourth-order valence-corrected chi connectivity index (χ4v) is 8.47. The molecule has 58 heavy (non-hydrogen) atoms. The first-order valence-corrected chi connectivity index (χ1v) is 19.7. The highest BCUT2D eigenvalue weighted by atomic mass is 15.0. The van der Waals surface area contributed by atoms with Gasteiger partial charge in [0.05, 0.1) is 0 Å². The van der Waals surface area contributed by atoms with Gasteiger partial charge in [0.25, 0.3) is 0 Å². The molecule has 0 saturated heterocycles. The molecule has 3 heteroatoms. The van der Waals surface area contributed by atoms with Crippen LogP contribution in [0.3, 0.4) is 0 Å². The highest BCUT2D eigenvalue weighted by Gasteiger charge is 2.17. The Morgan fingerprint density at radius 1 is 0.207 bits per heavy atom. The molecule has 0 bridgehead atoms. The second kappa shape index (κ2) is 14.1. The van der Waals surface area contributed by atoms with Gasteiger partial charge >= 0.3 is 0 Å². The second-order valence-electron chi connectivity index (χ2n) is 14.8. The van der Waals surface area contributed by atoms with Crippen molar-refractivity contribution in [2.75, 3.05) is 0 Å². The molecule has 0 atom stereocenters. The van der Waals surface area contributed by atoms with Gasteiger partial charge in [-0.2, -0.15) is 0 Å². The van der Waals surface area contributed by atoms with E-state index in [9.17, 15) is 0 Å². The molecular formula is C55H35N3. The molecule has 0 amide bonds. The van der Waals surface area contributed by atoms with Gasteiger partial charge in [-0.05, 0) is 113 Å². The topological polar surface area (TPSA) is 38.7 Å². The van der Waals surface area contributed by atoms with E-state index in [2.05, 4.69) is 152 Å². The Hall–Kier alpha value is -7.75. The molecule has 11 rings (SSSR count). The number of benzene rings is 10. The van der Waals surface area contributed by atoms with Crippen LogP contribution in [-0.4, -0.2) is 15.0 Å². The highest BCUT2D eigenvalue weighted by Crippen LogP contribution is 2.42. The monoisotopic (exact) mass is 737 g/mol. The molecule has 0 spiro atoms. The van der Waals surface area contributed by atoms with E-state index in [-0.39, 0.29) is 0 Å². The van der Waals surface area contributed by atoms with Crippen LogP contribution in [0, 0.1) is 0 Å². The average molecular weight is 738 g/mol. The number of rotatable bonds is 6. The zero-order chi connectivity index (χ0) is 38.4. The quantitative estimate of drug-likeness (QED) is 0.160. The van der Waals surface area contributed by atoms with Crippen molar-refractivity contribution in [1.29, 1.82) is 0 Å². The number of hydrogen-bond donors (Lipinski definition) is 0. The SMILES string of the molecule is c1ccc(-c2nc(-c3ccccc3)nc(-c3cccc(-c4cc(-c5cc6ccccc6c6ccccc56)cc(-c5cc6ccccc6c6ccccc56)c4)c3)n2)cc1. The summed E-state index contributed by atoms with van der Waals surface area (Å²) in [5.41, 5.74) is 9.75. The van der Waals surface area contributed by atoms with Crippen molar-refractivity contribution >= 4 is 43.1 Å². The zero-order valence-electron chi connectivity index (χ0n) is 31.5. The summed E-state index contributed by atoms with van der Waals surface area (Å²) in [6.07, 6.45) is 0. The summed E-state index contributed by atoms with van der Waals surface area (Å²) in [5.74, 6) is 1.92. The molecule has 0 fully saturated rings. The molecule has 0 N–H and O–H groups in total. The van der Waals surface area contributed by atoms with Crippen LogP contribution in [0.1, 0.15) is 0 Å². The van der Waals surface area contributed by atoms with Crippen molar-refractivity contribution in [2.45, 2.75) is 0 Å². The molecule has 10 aromatic carbocycles. The zero-order valence-corrected chi connectivity index (χ0v) is 31.5. The minimum atomic E-state index is 0.631. The van der Waals surface area contributed by atoms with Gasteiger partial charge in [-0.25, -0.2) is 15.0 Å². The Bertz CT molecular complexity index is 3140. The Morgan fingerprint density at radius 3 is 1.05 bits per heavy atom. The summed E-state index contributed by atoms with van der Waals surface area (Å²) >= 11 is 0. The standard InChI is InChI=1S/C55H35N3/c1-3-16-36(17-4-1)53-56-54(37-18-5-2-6-19-37)58-55(57-53)41-23-15-22-38(30-41)42-31-43(51-34-39-20-7-9-24-45(39)47-26-11-13-28-49(47)51)33-44(32-42)52-35-40-21-8-10-25-46(40)48-27-12-14-29-50(48)52/h1-35H. The molecule has 0 aliphatic carbocycles. The van der Waals surface area contributed by atoms with E-state index in [1.54, 1.807) is 0 Å². The number of aromatic nitrogens is 3. The molecule has 3 nitrogen and oxygen atoms in total. The fourth-order valence-electron chi connectivity index (χ4n) is 8.47. The van der Waals surface area contributed by atoms with Crippen LogP contribution >= 0.6 is 0 Å². The average Bonchev–Trinajstić information content (AvgIpc) is 3.31. The van der Waals surface area contributed by atoms with E-state index in [0.29, 0.717) is 17.5 Å². The number of fused-ring (bicyclic) bond motifs is 6. The van der Waals surface area contributed by atoms with Crippen LogP contribution in [0.2, 0.25) is 0 Å². The van der Waals surface area contributed by atoms with Gasteiger partial charge in [0.15, 0.2) is 17.5 Å². The van der Waals surface area contributed by atoms with Gasteiger partial charge in [-0.3, -0.25) is 0 Å². The summed E-state index contributed by atoms with van der Waals surface area (Å²) in [6, 6.07) is 75.7. The van der Waals surface area contributed by atoms with Crippen LogP contribution < -0.4 is 0 Å². The molecule has 0 aliphatic rings. The smallest absolute Gasteiger partial charge is 0.164 e. The third-order valence-corrected chi connectivity index (χ3v) is 11.2. The molecule has 0 saturated carbocycles. The maximum atomic E-state index is 5.07. The molecule has 0 aliphatic heterocycles. The number of nitrogens with zero attached hydrogens (tertiary/aromatic N) is 3.